The quantitative estimate of drug-likeness (QED) is 0.919. The monoisotopic (exact) mass is 331 g/mol. The highest BCUT2D eigenvalue weighted by Crippen LogP contribution is 2.56. The van der Waals surface area contributed by atoms with Gasteiger partial charge in [-0.1, -0.05) is 23.9 Å². The predicted molar refractivity (Wildman–Crippen MR) is 87.2 cm³/mol. The molecule has 7 heteroatoms. The van der Waals surface area contributed by atoms with E-state index < -0.39 is 4.87 Å². The Hall–Kier alpha value is -1.86. The minimum Gasteiger partial charge on any atom is -0.299 e. The summed E-state index contributed by atoms with van der Waals surface area (Å²) in [6.07, 6.45) is 2.64. The molecule has 1 aromatic carbocycles. The topological polar surface area (TPSA) is 62.3 Å². The summed E-state index contributed by atoms with van der Waals surface area (Å²) < 4.78 is 0. The van der Waals surface area contributed by atoms with Gasteiger partial charge in [-0.2, -0.15) is 0 Å². The molecule has 0 unspecified atom stereocenters. The molecular weight excluding hydrogens is 318 g/mol. The van der Waals surface area contributed by atoms with Gasteiger partial charge in [0.15, 0.2) is 10.0 Å². The Morgan fingerprint density at radius 1 is 1.41 bits per heavy atom. The molecule has 0 bridgehead atoms. The smallest absolute Gasteiger partial charge is 0.263 e. The molecule has 0 aliphatic carbocycles. The zero-order valence-electron chi connectivity index (χ0n) is 11.8. The minimum absolute atomic E-state index is 0.00270. The third-order valence-corrected chi connectivity index (χ3v) is 6.17. The summed E-state index contributed by atoms with van der Waals surface area (Å²) in [4.78, 5) is 32.2. The summed E-state index contributed by atoms with van der Waals surface area (Å²) >= 11 is 2.90. The van der Waals surface area contributed by atoms with Crippen molar-refractivity contribution in [3.05, 3.63) is 35.3 Å². The lowest BCUT2D eigenvalue weighted by atomic mass is 10.2. The number of thioether (sulfide) groups is 1. The molecule has 1 saturated heterocycles. The first-order valence-corrected chi connectivity index (χ1v) is 8.58. The molecule has 4 rings (SSSR count). The van der Waals surface area contributed by atoms with E-state index in [1.54, 1.807) is 11.1 Å². The van der Waals surface area contributed by atoms with E-state index in [-0.39, 0.29) is 11.8 Å². The van der Waals surface area contributed by atoms with Crippen LogP contribution in [-0.2, 0) is 9.59 Å². The lowest BCUT2D eigenvalue weighted by Gasteiger charge is -2.29. The Morgan fingerprint density at radius 2 is 2.23 bits per heavy atom. The summed E-state index contributed by atoms with van der Waals surface area (Å²) in [7, 11) is 0. The second-order valence-corrected chi connectivity index (χ2v) is 7.87. The van der Waals surface area contributed by atoms with Crippen molar-refractivity contribution in [3.63, 3.8) is 0 Å². The van der Waals surface area contributed by atoms with Crippen molar-refractivity contribution in [1.82, 2.24) is 4.98 Å². The van der Waals surface area contributed by atoms with Gasteiger partial charge < -0.3 is 0 Å². The number of anilines is 2. The maximum atomic E-state index is 12.9. The molecule has 3 heterocycles. The van der Waals surface area contributed by atoms with Crippen LogP contribution in [0.2, 0.25) is 0 Å². The van der Waals surface area contributed by atoms with Gasteiger partial charge in [0.05, 0.1) is 5.69 Å². The van der Waals surface area contributed by atoms with Crippen molar-refractivity contribution < 1.29 is 9.59 Å². The molecule has 2 aliphatic rings. The van der Waals surface area contributed by atoms with Gasteiger partial charge in [-0.3, -0.25) is 19.8 Å². The molecule has 1 atom stereocenters. The maximum absolute atomic E-state index is 12.9. The number of nitrogens with one attached hydrogen (secondary N) is 1. The first-order valence-electron chi connectivity index (χ1n) is 6.95. The second-order valence-electron chi connectivity index (χ2n) is 5.31. The molecule has 5 nitrogen and oxygen atoms in total. The fourth-order valence-electron chi connectivity index (χ4n) is 2.91. The molecule has 112 valence electrons. The van der Waals surface area contributed by atoms with E-state index in [0.29, 0.717) is 18.0 Å². The van der Waals surface area contributed by atoms with Gasteiger partial charge >= 0.3 is 0 Å². The first-order chi connectivity index (χ1) is 10.6. The van der Waals surface area contributed by atoms with Crippen LogP contribution < -0.4 is 10.2 Å². The van der Waals surface area contributed by atoms with Gasteiger partial charge in [-0.05, 0) is 25.5 Å². The van der Waals surface area contributed by atoms with Crippen molar-refractivity contribution in [1.29, 1.82) is 0 Å². The fraction of sp³-hybridized carbons (Fsp3) is 0.267. The van der Waals surface area contributed by atoms with Gasteiger partial charge in [0, 0.05) is 22.4 Å². The largest absolute Gasteiger partial charge is 0.299 e. The van der Waals surface area contributed by atoms with E-state index in [1.807, 2.05) is 31.2 Å². The normalized spacial score (nSPS) is 22.6. The lowest BCUT2D eigenvalue weighted by molar-refractivity contribution is -0.121. The number of carbonyl (C=O) groups is 2. The lowest BCUT2D eigenvalue weighted by Crippen LogP contribution is -2.49. The van der Waals surface area contributed by atoms with Gasteiger partial charge in [0.1, 0.15) is 0 Å². The van der Waals surface area contributed by atoms with Crippen LogP contribution in [-0.4, -0.2) is 21.7 Å². The molecule has 0 saturated carbocycles. The number of aryl methyl sites for hydroxylation is 1. The molecule has 1 fully saturated rings. The van der Waals surface area contributed by atoms with E-state index in [9.17, 15) is 9.59 Å². The summed E-state index contributed by atoms with van der Waals surface area (Å²) in [6, 6.07) is 7.67. The van der Waals surface area contributed by atoms with E-state index in [1.165, 1.54) is 23.1 Å². The first kappa shape index (κ1) is 13.8. The van der Waals surface area contributed by atoms with Crippen molar-refractivity contribution in [2.75, 3.05) is 10.2 Å². The number of aromatic nitrogens is 1. The highest BCUT2D eigenvalue weighted by Gasteiger charge is 2.57. The maximum Gasteiger partial charge on any atom is 0.263 e. The number of rotatable bonds is 2. The van der Waals surface area contributed by atoms with E-state index in [0.717, 1.165) is 15.5 Å². The average molecular weight is 331 g/mol. The van der Waals surface area contributed by atoms with Crippen LogP contribution in [0.5, 0.6) is 0 Å². The third kappa shape index (κ3) is 1.89. The number of hydrogen-bond acceptors (Lipinski definition) is 5. The van der Waals surface area contributed by atoms with Crippen LogP contribution in [0, 0.1) is 6.92 Å². The SMILES string of the molecule is Cc1cnc(NC(=O)[C@@]23CCC(=O)N2c2ccccc2S3)s1. The molecule has 2 aromatic rings. The highest BCUT2D eigenvalue weighted by atomic mass is 32.2. The highest BCUT2D eigenvalue weighted by molar-refractivity contribution is 8.02. The van der Waals surface area contributed by atoms with E-state index in [2.05, 4.69) is 10.3 Å². The van der Waals surface area contributed by atoms with Crippen LogP contribution in [0.1, 0.15) is 17.7 Å². The molecule has 1 N–H and O–H groups in total. The standard InChI is InChI=1S/C15H13N3O2S2/c1-9-8-16-14(21-9)17-13(20)15-7-6-12(19)18(15)10-4-2-3-5-11(10)22-15/h2-5,8H,6-7H2,1H3,(H,16,17,20)/t15-/m0/s1. The van der Waals surface area contributed by atoms with Crippen LogP contribution in [0.4, 0.5) is 10.8 Å². The number of benzene rings is 1. The number of hydrogen-bond donors (Lipinski definition) is 1. The van der Waals surface area contributed by atoms with Crippen LogP contribution >= 0.6 is 23.1 Å². The van der Waals surface area contributed by atoms with E-state index in [4.69, 9.17) is 0 Å². The third-order valence-electron chi connectivity index (χ3n) is 3.87. The molecule has 2 aliphatic heterocycles. The number of amides is 2. The Balaban J connectivity index is 1.71. The minimum atomic E-state index is -0.875. The van der Waals surface area contributed by atoms with Crippen LogP contribution in [0.25, 0.3) is 0 Å². The van der Waals surface area contributed by atoms with Crippen LogP contribution in [0.15, 0.2) is 35.4 Å². The number of para-hydroxylation sites is 1. The number of nitrogens with zero attached hydrogens (tertiary/aromatic N) is 2. The summed E-state index contributed by atoms with van der Waals surface area (Å²) in [5, 5.41) is 3.45. The number of fused-ring (bicyclic) bond motifs is 3. The Kier molecular flexibility index (Phi) is 3.02. The molecule has 22 heavy (non-hydrogen) atoms. The second kappa shape index (κ2) is 4.82. The van der Waals surface area contributed by atoms with Gasteiger partial charge in [0.2, 0.25) is 5.91 Å². The van der Waals surface area contributed by atoms with Crippen molar-refractivity contribution in [2.45, 2.75) is 29.5 Å². The molecule has 0 radical (unpaired) electrons. The molecule has 0 spiro atoms. The number of thiazole rings is 1. The summed E-state index contributed by atoms with van der Waals surface area (Å²) in [6.45, 7) is 1.94. The Labute approximate surface area is 135 Å². The predicted octanol–water partition coefficient (Wildman–Crippen LogP) is 3.02. The Morgan fingerprint density at radius 3 is 3.00 bits per heavy atom. The fourth-order valence-corrected chi connectivity index (χ4v) is 4.98. The van der Waals surface area contributed by atoms with Crippen LogP contribution in [0.3, 0.4) is 0 Å². The van der Waals surface area contributed by atoms with Crippen molar-refractivity contribution in [3.8, 4) is 0 Å². The summed E-state index contributed by atoms with van der Waals surface area (Å²) in [5.74, 6) is -0.170. The van der Waals surface area contributed by atoms with E-state index >= 15 is 0 Å². The van der Waals surface area contributed by atoms with Crippen molar-refractivity contribution in [2.24, 2.45) is 0 Å². The zero-order chi connectivity index (χ0) is 15.3. The Bertz CT molecular complexity index is 789. The number of carbonyl (C=O) groups excluding carboxylic acids is 2. The molecular formula is C15H13N3O2S2. The van der Waals surface area contributed by atoms with Gasteiger partial charge in [-0.25, -0.2) is 4.98 Å². The zero-order valence-corrected chi connectivity index (χ0v) is 13.5. The molecule has 1 aromatic heterocycles. The molecule has 2 amide bonds. The summed E-state index contributed by atoms with van der Waals surface area (Å²) in [5.41, 5.74) is 0.834. The average Bonchev–Trinajstić information content (AvgIpc) is 3.14. The van der Waals surface area contributed by atoms with Gasteiger partial charge in [-0.15, -0.1) is 11.3 Å². The van der Waals surface area contributed by atoms with Crippen molar-refractivity contribution >= 4 is 45.7 Å². The van der Waals surface area contributed by atoms with Gasteiger partial charge in [0.25, 0.3) is 5.91 Å².